The number of carbonyl (C=O) groups excluding carboxylic acids is 1. The van der Waals surface area contributed by atoms with E-state index in [0.29, 0.717) is 32.0 Å². The Balaban J connectivity index is 0.000000934. The van der Waals surface area contributed by atoms with Gasteiger partial charge in [-0.15, -0.1) is 4.80 Å². The van der Waals surface area contributed by atoms with Crippen LogP contribution in [0.5, 0.6) is 5.75 Å². The normalized spacial score (nSPS) is 11.5. The van der Waals surface area contributed by atoms with Gasteiger partial charge in [0.2, 0.25) is 5.91 Å². The molecule has 0 atom stereocenters. The SMILES string of the molecule is CC(C)S.COc1ccc(F)cc1CCn1c(=O)n(C(C)(C)C(N)=O)c(=O)c2c(C)c(-n3nccn3)sc21. The lowest BCUT2D eigenvalue weighted by atomic mass is 10.0. The first-order chi connectivity index (χ1) is 17.8. The molecule has 0 aliphatic rings. The number of hydrogen-bond donors (Lipinski definition) is 2. The van der Waals surface area contributed by atoms with E-state index in [0.717, 1.165) is 4.57 Å². The summed E-state index contributed by atoms with van der Waals surface area (Å²) in [6.07, 6.45) is 3.24. The van der Waals surface area contributed by atoms with Crippen molar-refractivity contribution in [1.82, 2.24) is 24.1 Å². The Labute approximate surface area is 228 Å². The van der Waals surface area contributed by atoms with Crippen LogP contribution in [-0.4, -0.2) is 42.4 Å². The van der Waals surface area contributed by atoms with Crippen LogP contribution in [0.25, 0.3) is 15.2 Å². The predicted octanol–water partition coefficient (Wildman–Crippen LogP) is 3.05. The Morgan fingerprint density at radius 3 is 2.39 bits per heavy atom. The molecular weight excluding hydrogens is 531 g/mol. The van der Waals surface area contributed by atoms with E-state index in [2.05, 4.69) is 22.8 Å². The zero-order valence-electron chi connectivity index (χ0n) is 22.1. The highest BCUT2D eigenvalue weighted by Crippen LogP contribution is 2.31. The van der Waals surface area contributed by atoms with Gasteiger partial charge < -0.3 is 10.5 Å². The van der Waals surface area contributed by atoms with Crippen molar-refractivity contribution in [1.29, 1.82) is 0 Å². The number of rotatable bonds is 7. The number of nitrogens with zero attached hydrogens (tertiary/aromatic N) is 5. The third-order valence-corrected chi connectivity index (χ3v) is 7.08. The molecule has 0 aliphatic carbocycles. The molecule has 0 fully saturated rings. The maximum absolute atomic E-state index is 13.9. The number of aryl methyl sites for hydroxylation is 3. The first-order valence-corrected chi connectivity index (χ1v) is 13.1. The summed E-state index contributed by atoms with van der Waals surface area (Å²) >= 11 is 5.14. The van der Waals surface area contributed by atoms with E-state index in [-0.39, 0.29) is 18.4 Å². The Morgan fingerprint density at radius 2 is 1.84 bits per heavy atom. The van der Waals surface area contributed by atoms with Crippen LogP contribution in [-0.2, 0) is 23.3 Å². The lowest BCUT2D eigenvalue weighted by Crippen LogP contribution is -2.54. The molecule has 3 heterocycles. The van der Waals surface area contributed by atoms with Crippen molar-refractivity contribution >= 4 is 40.1 Å². The van der Waals surface area contributed by atoms with Crippen LogP contribution >= 0.6 is 24.0 Å². The standard InChI is InChI=1S/C22H23FN6O4S.C3H8S/c1-12-16-17(30)28(22(2,3)20(24)31)21(32)27(19(16)34-18(12)29-25-8-9-26-29)10-7-13-11-14(23)5-6-15(13)33-4;1-3(2)4/h5-6,8-9,11H,7,10H2,1-4H3,(H2,24,31);3-4H,1-2H3. The van der Waals surface area contributed by atoms with Gasteiger partial charge in [0.25, 0.3) is 5.56 Å². The third kappa shape index (κ3) is 5.68. The van der Waals surface area contributed by atoms with Crippen molar-refractivity contribution in [2.24, 2.45) is 5.73 Å². The topological polar surface area (TPSA) is 127 Å². The van der Waals surface area contributed by atoms with Crippen molar-refractivity contribution in [3.05, 3.63) is 68.4 Å². The van der Waals surface area contributed by atoms with Gasteiger partial charge in [0.1, 0.15) is 26.9 Å². The van der Waals surface area contributed by atoms with E-state index in [1.165, 1.54) is 72.3 Å². The average Bonchev–Trinajstić information content (AvgIpc) is 3.46. The van der Waals surface area contributed by atoms with Gasteiger partial charge in [-0.3, -0.25) is 14.2 Å². The van der Waals surface area contributed by atoms with Crippen LogP contribution in [0.3, 0.4) is 0 Å². The molecule has 1 amide bonds. The third-order valence-electron chi connectivity index (χ3n) is 5.80. The Bertz CT molecular complexity index is 1570. The summed E-state index contributed by atoms with van der Waals surface area (Å²) in [4.78, 5) is 41.0. The zero-order valence-corrected chi connectivity index (χ0v) is 23.8. The lowest BCUT2D eigenvalue weighted by molar-refractivity contribution is -0.125. The molecular formula is C25H31FN6O4S2. The summed E-state index contributed by atoms with van der Waals surface area (Å²) in [7, 11) is 1.47. The highest BCUT2D eigenvalue weighted by Gasteiger charge is 2.34. The molecule has 4 aromatic rings. The van der Waals surface area contributed by atoms with Crippen molar-refractivity contribution in [2.75, 3.05) is 7.11 Å². The molecule has 0 saturated heterocycles. The summed E-state index contributed by atoms with van der Waals surface area (Å²) in [6, 6.07) is 4.13. The van der Waals surface area contributed by atoms with Gasteiger partial charge in [0.05, 0.1) is 24.9 Å². The molecule has 4 rings (SSSR count). The van der Waals surface area contributed by atoms with Crippen LogP contribution in [0.4, 0.5) is 4.39 Å². The number of methoxy groups -OCH3 is 1. The maximum atomic E-state index is 13.9. The van der Waals surface area contributed by atoms with Crippen LogP contribution in [0.1, 0.15) is 38.8 Å². The molecule has 0 spiro atoms. The molecule has 0 aliphatic heterocycles. The summed E-state index contributed by atoms with van der Waals surface area (Å²) in [5.74, 6) is -0.793. The number of fused-ring (bicyclic) bond motifs is 1. The first-order valence-electron chi connectivity index (χ1n) is 11.8. The Kier molecular flexibility index (Phi) is 8.82. The minimum Gasteiger partial charge on any atom is -0.496 e. The van der Waals surface area contributed by atoms with Crippen molar-refractivity contribution in [2.45, 2.75) is 58.4 Å². The molecule has 0 bridgehead atoms. The summed E-state index contributed by atoms with van der Waals surface area (Å²) in [5.41, 5.74) is 3.75. The largest absolute Gasteiger partial charge is 0.496 e. The molecule has 3 aromatic heterocycles. The lowest BCUT2D eigenvalue weighted by Gasteiger charge is -2.24. The van der Waals surface area contributed by atoms with Crippen LogP contribution < -0.4 is 21.7 Å². The number of primary amides is 1. The summed E-state index contributed by atoms with van der Waals surface area (Å²) < 4.78 is 21.5. The zero-order chi connectivity index (χ0) is 28.4. The number of aromatic nitrogens is 5. The fourth-order valence-electron chi connectivity index (χ4n) is 3.82. The highest BCUT2D eigenvalue weighted by molar-refractivity contribution is 7.80. The van der Waals surface area contributed by atoms with Crippen LogP contribution in [0.2, 0.25) is 0 Å². The number of nitrogens with two attached hydrogens (primary N) is 1. The van der Waals surface area contributed by atoms with E-state index in [1.54, 1.807) is 6.92 Å². The Hall–Kier alpha value is -3.45. The number of ether oxygens (including phenoxy) is 1. The fourth-order valence-corrected chi connectivity index (χ4v) is 5.06. The van der Waals surface area contributed by atoms with Gasteiger partial charge in [-0.25, -0.2) is 13.8 Å². The number of halogens is 1. The smallest absolute Gasteiger partial charge is 0.333 e. The van der Waals surface area contributed by atoms with Crippen molar-refractivity contribution in [3.8, 4) is 10.8 Å². The van der Waals surface area contributed by atoms with E-state index >= 15 is 0 Å². The van der Waals surface area contributed by atoms with Crippen molar-refractivity contribution in [3.63, 3.8) is 0 Å². The second-order valence-electron chi connectivity index (χ2n) is 9.33. The van der Waals surface area contributed by atoms with Crippen molar-refractivity contribution < 1.29 is 13.9 Å². The van der Waals surface area contributed by atoms with Crippen LogP contribution in [0.15, 0.2) is 40.2 Å². The summed E-state index contributed by atoms with van der Waals surface area (Å²) in [5, 5.41) is 9.62. The second-order valence-corrected chi connectivity index (χ2v) is 11.3. The number of thiol groups is 1. The van der Waals surface area contributed by atoms with Gasteiger partial charge >= 0.3 is 5.69 Å². The highest BCUT2D eigenvalue weighted by atomic mass is 32.1. The minimum atomic E-state index is -1.58. The van der Waals surface area contributed by atoms with E-state index in [4.69, 9.17) is 10.5 Å². The molecule has 2 N–H and O–H groups in total. The summed E-state index contributed by atoms with van der Waals surface area (Å²) in [6.45, 7) is 8.72. The van der Waals surface area contributed by atoms with Gasteiger partial charge in [0.15, 0.2) is 0 Å². The molecule has 10 nitrogen and oxygen atoms in total. The predicted molar refractivity (Wildman–Crippen MR) is 149 cm³/mol. The van der Waals surface area contributed by atoms with Gasteiger partial charge in [-0.2, -0.15) is 22.8 Å². The molecule has 204 valence electrons. The fraction of sp³-hybridized carbons (Fsp3) is 0.400. The second kappa shape index (κ2) is 11.5. The minimum absolute atomic E-state index is 0.0935. The van der Waals surface area contributed by atoms with Gasteiger partial charge in [-0.05, 0) is 56.2 Å². The molecule has 13 heteroatoms. The quantitative estimate of drug-likeness (QED) is 0.334. The number of carbonyl (C=O) groups is 1. The number of benzene rings is 1. The van der Waals surface area contributed by atoms with Gasteiger partial charge in [-0.1, -0.05) is 25.2 Å². The number of thiophene rings is 1. The van der Waals surface area contributed by atoms with E-state index in [9.17, 15) is 18.8 Å². The number of hydrogen-bond acceptors (Lipinski definition) is 8. The van der Waals surface area contributed by atoms with E-state index in [1.807, 2.05) is 13.8 Å². The molecule has 0 unspecified atom stereocenters. The van der Waals surface area contributed by atoms with Crippen LogP contribution in [0, 0.1) is 12.7 Å². The molecule has 38 heavy (non-hydrogen) atoms. The molecule has 1 aromatic carbocycles. The van der Waals surface area contributed by atoms with E-state index < -0.39 is 28.5 Å². The molecule has 0 saturated carbocycles. The molecule has 0 radical (unpaired) electrons. The maximum Gasteiger partial charge on any atom is 0.333 e. The number of amides is 1. The first kappa shape index (κ1) is 29.1. The van der Waals surface area contributed by atoms with Gasteiger partial charge in [0, 0.05) is 12.1 Å². The average molecular weight is 563 g/mol. The Morgan fingerprint density at radius 1 is 1.24 bits per heavy atom. The monoisotopic (exact) mass is 562 g/mol.